The zero-order valence-electron chi connectivity index (χ0n) is 14.7. The summed E-state index contributed by atoms with van der Waals surface area (Å²) < 4.78 is 22.4. The maximum atomic E-state index is 11.1. The van der Waals surface area contributed by atoms with Gasteiger partial charge in [-0.15, -0.1) is 0 Å². The molecule has 1 aliphatic rings. The van der Waals surface area contributed by atoms with Gasteiger partial charge in [-0.3, -0.25) is 4.79 Å². The number of hydrogen-bond donors (Lipinski definition) is 0. The number of esters is 1. The number of aryl methyl sites for hydroxylation is 1. The molecule has 0 radical (unpaired) electrons. The first kappa shape index (κ1) is 17.1. The molecule has 0 N–H and O–H groups in total. The van der Waals surface area contributed by atoms with E-state index in [1.165, 1.54) is 12.5 Å². The van der Waals surface area contributed by atoms with Crippen LogP contribution in [0.4, 0.5) is 0 Å². The first-order valence-corrected chi connectivity index (χ1v) is 8.39. The fourth-order valence-electron chi connectivity index (χ4n) is 3.01. The molecule has 1 aliphatic heterocycles. The molecule has 132 valence electrons. The molecule has 3 rings (SSSR count). The van der Waals surface area contributed by atoms with Crippen molar-refractivity contribution in [3.63, 3.8) is 0 Å². The second-order valence-electron chi connectivity index (χ2n) is 5.85. The third-order valence-corrected chi connectivity index (χ3v) is 4.11. The zero-order valence-corrected chi connectivity index (χ0v) is 14.7. The predicted octanol–water partition coefficient (Wildman–Crippen LogP) is 4.09. The fourth-order valence-corrected chi connectivity index (χ4v) is 3.01. The van der Waals surface area contributed by atoms with Gasteiger partial charge in [0, 0.05) is 24.6 Å². The molecule has 2 aromatic rings. The number of carbonyl (C=O) groups excluding carboxylic acids is 1. The highest BCUT2D eigenvalue weighted by atomic mass is 16.5. The summed E-state index contributed by atoms with van der Waals surface area (Å²) in [5.41, 5.74) is 2.11. The predicted molar refractivity (Wildman–Crippen MR) is 93.6 cm³/mol. The van der Waals surface area contributed by atoms with Crippen molar-refractivity contribution in [1.29, 1.82) is 0 Å². The van der Waals surface area contributed by atoms with Crippen LogP contribution in [-0.2, 0) is 11.2 Å². The topological polar surface area (TPSA) is 54.0 Å². The molecule has 0 aromatic heterocycles. The molecular weight excluding hydrogens is 320 g/mol. The number of rotatable bonds is 5. The molecule has 5 heteroatoms. The SMILES string of the molecule is CCOc1ccc2c(c1)OC(c1ccc(OC(C)=O)cc1OC)CC2. The van der Waals surface area contributed by atoms with Crippen LogP contribution in [0.25, 0.3) is 0 Å². The van der Waals surface area contributed by atoms with Crippen molar-refractivity contribution in [3.8, 4) is 23.0 Å². The molecule has 0 amide bonds. The van der Waals surface area contributed by atoms with Crippen LogP contribution in [0.5, 0.6) is 23.0 Å². The van der Waals surface area contributed by atoms with Gasteiger partial charge in [-0.05, 0) is 43.5 Å². The quantitative estimate of drug-likeness (QED) is 0.605. The van der Waals surface area contributed by atoms with E-state index in [0.29, 0.717) is 18.1 Å². The van der Waals surface area contributed by atoms with Gasteiger partial charge >= 0.3 is 5.97 Å². The van der Waals surface area contributed by atoms with E-state index in [2.05, 4.69) is 6.07 Å². The molecule has 0 saturated heterocycles. The molecule has 5 nitrogen and oxygen atoms in total. The maximum Gasteiger partial charge on any atom is 0.308 e. The molecule has 0 spiro atoms. The second kappa shape index (κ2) is 7.47. The van der Waals surface area contributed by atoms with E-state index < -0.39 is 0 Å². The minimum atomic E-state index is -0.360. The van der Waals surface area contributed by atoms with E-state index >= 15 is 0 Å². The Balaban J connectivity index is 1.85. The van der Waals surface area contributed by atoms with Crippen LogP contribution in [0.2, 0.25) is 0 Å². The Morgan fingerprint density at radius 1 is 1.20 bits per heavy atom. The Labute approximate surface area is 147 Å². The highest BCUT2D eigenvalue weighted by Crippen LogP contribution is 2.40. The third kappa shape index (κ3) is 3.87. The number of ether oxygens (including phenoxy) is 4. The highest BCUT2D eigenvalue weighted by Gasteiger charge is 2.25. The molecule has 0 bridgehead atoms. The van der Waals surface area contributed by atoms with Crippen molar-refractivity contribution in [2.24, 2.45) is 0 Å². The molecule has 2 aromatic carbocycles. The van der Waals surface area contributed by atoms with Crippen LogP contribution in [0, 0.1) is 0 Å². The Hall–Kier alpha value is -2.69. The first-order valence-electron chi connectivity index (χ1n) is 8.39. The van der Waals surface area contributed by atoms with E-state index in [9.17, 15) is 4.79 Å². The number of methoxy groups -OCH3 is 1. The fraction of sp³-hybridized carbons (Fsp3) is 0.350. The lowest BCUT2D eigenvalue weighted by Gasteiger charge is -2.28. The second-order valence-corrected chi connectivity index (χ2v) is 5.85. The summed E-state index contributed by atoms with van der Waals surface area (Å²) in [6, 6.07) is 11.3. The molecule has 25 heavy (non-hydrogen) atoms. The van der Waals surface area contributed by atoms with Gasteiger partial charge in [0.1, 0.15) is 29.1 Å². The summed E-state index contributed by atoms with van der Waals surface area (Å²) in [4.78, 5) is 11.1. The zero-order chi connectivity index (χ0) is 17.8. The lowest BCUT2D eigenvalue weighted by Crippen LogP contribution is -2.16. The maximum absolute atomic E-state index is 11.1. The Bertz CT molecular complexity index is 769. The van der Waals surface area contributed by atoms with Crippen LogP contribution < -0.4 is 18.9 Å². The summed E-state index contributed by atoms with van der Waals surface area (Å²) in [5.74, 6) is 2.39. The van der Waals surface area contributed by atoms with E-state index in [-0.39, 0.29) is 12.1 Å². The molecule has 1 atom stereocenters. The lowest BCUT2D eigenvalue weighted by atomic mass is 9.96. The Morgan fingerprint density at radius 3 is 2.72 bits per heavy atom. The van der Waals surface area contributed by atoms with Crippen molar-refractivity contribution < 1.29 is 23.7 Å². The van der Waals surface area contributed by atoms with Crippen LogP contribution in [-0.4, -0.2) is 19.7 Å². The van der Waals surface area contributed by atoms with Gasteiger partial charge in [0.05, 0.1) is 13.7 Å². The van der Waals surface area contributed by atoms with E-state index in [1.54, 1.807) is 19.2 Å². The summed E-state index contributed by atoms with van der Waals surface area (Å²) in [5, 5.41) is 0. The van der Waals surface area contributed by atoms with Crippen molar-refractivity contribution in [2.75, 3.05) is 13.7 Å². The summed E-state index contributed by atoms with van der Waals surface area (Å²) >= 11 is 0. The molecule has 0 saturated carbocycles. The van der Waals surface area contributed by atoms with Crippen molar-refractivity contribution in [3.05, 3.63) is 47.5 Å². The number of hydrogen-bond acceptors (Lipinski definition) is 5. The first-order chi connectivity index (χ1) is 12.1. The average molecular weight is 342 g/mol. The molecular formula is C20H22O5. The van der Waals surface area contributed by atoms with Gasteiger partial charge in [-0.25, -0.2) is 0 Å². The van der Waals surface area contributed by atoms with Crippen LogP contribution >= 0.6 is 0 Å². The Morgan fingerprint density at radius 2 is 2.00 bits per heavy atom. The molecule has 0 fully saturated rings. The summed E-state index contributed by atoms with van der Waals surface area (Å²) in [6.07, 6.45) is 1.65. The average Bonchev–Trinajstić information content (AvgIpc) is 2.61. The molecule has 1 heterocycles. The van der Waals surface area contributed by atoms with Gasteiger partial charge < -0.3 is 18.9 Å². The van der Waals surface area contributed by atoms with Crippen LogP contribution in [0.1, 0.15) is 37.5 Å². The van der Waals surface area contributed by atoms with E-state index in [4.69, 9.17) is 18.9 Å². The monoisotopic (exact) mass is 342 g/mol. The van der Waals surface area contributed by atoms with Crippen molar-refractivity contribution in [2.45, 2.75) is 32.8 Å². The normalized spacial score (nSPS) is 15.7. The molecule has 1 unspecified atom stereocenters. The smallest absolute Gasteiger partial charge is 0.308 e. The van der Waals surface area contributed by atoms with E-state index in [0.717, 1.165) is 29.9 Å². The van der Waals surface area contributed by atoms with Gasteiger partial charge in [-0.2, -0.15) is 0 Å². The number of fused-ring (bicyclic) bond motifs is 1. The van der Waals surface area contributed by atoms with Crippen LogP contribution in [0.3, 0.4) is 0 Å². The largest absolute Gasteiger partial charge is 0.496 e. The van der Waals surface area contributed by atoms with Crippen LogP contribution in [0.15, 0.2) is 36.4 Å². The highest BCUT2D eigenvalue weighted by molar-refractivity contribution is 5.69. The van der Waals surface area contributed by atoms with E-state index in [1.807, 2.05) is 25.1 Å². The standard InChI is InChI=1S/C20H22O5/c1-4-23-15-7-5-14-6-10-18(25-19(14)11-15)17-9-8-16(24-13(2)21)12-20(17)22-3/h5,7-9,11-12,18H,4,6,10H2,1-3H3. The number of carbonyl (C=O) groups is 1. The summed E-state index contributed by atoms with van der Waals surface area (Å²) in [7, 11) is 1.60. The molecule has 0 aliphatic carbocycles. The number of benzene rings is 2. The van der Waals surface area contributed by atoms with Gasteiger partial charge in [0.2, 0.25) is 0 Å². The van der Waals surface area contributed by atoms with Crippen molar-refractivity contribution >= 4 is 5.97 Å². The lowest BCUT2D eigenvalue weighted by molar-refractivity contribution is -0.131. The van der Waals surface area contributed by atoms with Gasteiger partial charge in [0.15, 0.2) is 0 Å². The summed E-state index contributed by atoms with van der Waals surface area (Å²) in [6.45, 7) is 3.95. The van der Waals surface area contributed by atoms with Crippen molar-refractivity contribution in [1.82, 2.24) is 0 Å². The minimum absolute atomic E-state index is 0.120. The van der Waals surface area contributed by atoms with Gasteiger partial charge in [-0.1, -0.05) is 6.07 Å². The third-order valence-electron chi connectivity index (χ3n) is 4.11. The minimum Gasteiger partial charge on any atom is -0.496 e. The Kier molecular flexibility index (Phi) is 5.12. The van der Waals surface area contributed by atoms with Gasteiger partial charge in [0.25, 0.3) is 0 Å².